The number of hydrogen-bond acceptors (Lipinski definition) is 5. The van der Waals surface area contributed by atoms with E-state index in [0.29, 0.717) is 10.6 Å². The van der Waals surface area contributed by atoms with Crippen LogP contribution >= 0.6 is 27.7 Å². The normalized spacial score (nSPS) is 11.6. The fourth-order valence-electron chi connectivity index (χ4n) is 1.95. The van der Waals surface area contributed by atoms with Gasteiger partial charge in [-0.15, -0.1) is 0 Å². The first-order valence-corrected chi connectivity index (χ1v) is 8.86. The monoisotopic (exact) mass is 408 g/mol. The highest BCUT2D eigenvalue weighted by Crippen LogP contribution is 2.29. The van der Waals surface area contributed by atoms with Crippen LogP contribution in [0.2, 0.25) is 0 Å². The molecule has 2 aromatic rings. The Balaban J connectivity index is 2.11. The van der Waals surface area contributed by atoms with Gasteiger partial charge < -0.3 is 10.1 Å². The fraction of sp³-hybridized carbons (Fsp3) is 0.235. The minimum absolute atomic E-state index is 0.123. The molecule has 0 bridgehead atoms. The highest BCUT2D eigenvalue weighted by atomic mass is 79.9. The van der Waals surface area contributed by atoms with Crippen LogP contribution in [0.5, 0.6) is 0 Å². The molecule has 1 atom stereocenters. The van der Waals surface area contributed by atoms with Crippen LogP contribution in [0.1, 0.15) is 23.7 Å². The minimum Gasteiger partial charge on any atom is -0.469 e. The number of ether oxygens (including phenoxy) is 1. The molecule has 24 heavy (non-hydrogen) atoms. The summed E-state index contributed by atoms with van der Waals surface area (Å²) in [5.41, 5.74) is 0.474. The number of hydrogen-bond donors (Lipinski definition) is 1. The topological polar surface area (TPSA) is 68.3 Å². The van der Waals surface area contributed by atoms with E-state index < -0.39 is 0 Å². The Labute approximate surface area is 153 Å². The quantitative estimate of drug-likeness (QED) is 0.738. The number of nitrogens with one attached hydrogen (secondary N) is 1. The van der Waals surface area contributed by atoms with Crippen molar-refractivity contribution in [2.45, 2.75) is 29.3 Å². The van der Waals surface area contributed by atoms with E-state index in [1.807, 2.05) is 24.3 Å². The molecule has 1 amide bonds. The second-order valence-electron chi connectivity index (χ2n) is 5.07. The van der Waals surface area contributed by atoms with Crippen molar-refractivity contribution in [2.75, 3.05) is 7.11 Å². The van der Waals surface area contributed by atoms with E-state index in [1.165, 1.54) is 18.9 Å². The number of aromatic nitrogens is 1. The molecule has 1 aromatic carbocycles. The van der Waals surface area contributed by atoms with Crippen molar-refractivity contribution in [3.8, 4) is 0 Å². The Morgan fingerprint density at radius 1 is 1.29 bits per heavy atom. The number of amides is 1. The average Bonchev–Trinajstić information content (AvgIpc) is 2.57. The first-order valence-electron chi connectivity index (χ1n) is 7.25. The van der Waals surface area contributed by atoms with Crippen LogP contribution in [0.3, 0.4) is 0 Å². The number of pyridine rings is 1. The predicted molar refractivity (Wildman–Crippen MR) is 96.1 cm³/mol. The number of rotatable bonds is 6. The van der Waals surface area contributed by atoms with Crippen LogP contribution < -0.4 is 5.32 Å². The van der Waals surface area contributed by atoms with Crippen LogP contribution in [-0.2, 0) is 9.53 Å². The summed E-state index contributed by atoms with van der Waals surface area (Å²) < 4.78 is 5.60. The average molecular weight is 409 g/mol. The molecule has 7 heteroatoms. The van der Waals surface area contributed by atoms with Gasteiger partial charge in [-0.2, -0.15) is 0 Å². The number of esters is 1. The number of carbonyl (C=O) groups is 2. The van der Waals surface area contributed by atoms with Crippen molar-refractivity contribution in [3.63, 3.8) is 0 Å². The zero-order valence-corrected chi connectivity index (χ0v) is 15.7. The third-order valence-electron chi connectivity index (χ3n) is 3.12. The van der Waals surface area contributed by atoms with Crippen molar-refractivity contribution < 1.29 is 14.3 Å². The van der Waals surface area contributed by atoms with Gasteiger partial charge in [0.25, 0.3) is 5.91 Å². The van der Waals surface area contributed by atoms with Gasteiger partial charge in [-0.1, -0.05) is 27.7 Å². The highest BCUT2D eigenvalue weighted by molar-refractivity contribution is 9.10. The molecular weight excluding hydrogens is 392 g/mol. The summed E-state index contributed by atoms with van der Waals surface area (Å²) in [6.07, 6.45) is 1.77. The molecule has 0 aliphatic carbocycles. The zero-order chi connectivity index (χ0) is 17.5. The van der Waals surface area contributed by atoms with Crippen LogP contribution in [0.4, 0.5) is 0 Å². The number of halogens is 1. The lowest BCUT2D eigenvalue weighted by Gasteiger charge is -2.14. The fourth-order valence-corrected chi connectivity index (χ4v) is 3.09. The molecule has 0 fully saturated rings. The van der Waals surface area contributed by atoms with Gasteiger partial charge in [-0.05, 0) is 43.3 Å². The van der Waals surface area contributed by atoms with Gasteiger partial charge in [-0.3, -0.25) is 9.59 Å². The van der Waals surface area contributed by atoms with E-state index in [-0.39, 0.29) is 24.3 Å². The third-order valence-corrected chi connectivity index (χ3v) is 4.68. The molecule has 2 rings (SSSR count). The van der Waals surface area contributed by atoms with E-state index >= 15 is 0 Å². The van der Waals surface area contributed by atoms with Crippen LogP contribution in [0.15, 0.2) is 57.0 Å². The van der Waals surface area contributed by atoms with E-state index in [4.69, 9.17) is 0 Å². The molecule has 0 saturated carbocycles. The van der Waals surface area contributed by atoms with Gasteiger partial charge in [-0.25, -0.2) is 4.98 Å². The van der Waals surface area contributed by atoms with Crippen molar-refractivity contribution >= 4 is 39.6 Å². The lowest BCUT2D eigenvalue weighted by atomic mass is 10.2. The van der Waals surface area contributed by atoms with Gasteiger partial charge in [0, 0.05) is 21.6 Å². The lowest BCUT2D eigenvalue weighted by Crippen LogP contribution is -2.34. The zero-order valence-electron chi connectivity index (χ0n) is 13.3. The smallest absolute Gasteiger partial charge is 0.307 e. The summed E-state index contributed by atoms with van der Waals surface area (Å²) in [7, 11) is 1.32. The van der Waals surface area contributed by atoms with Crippen molar-refractivity contribution in [3.05, 3.63) is 52.6 Å². The molecule has 0 radical (unpaired) electrons. The summed E-state index contributed by atoms with van der Waals surface area (Å²) in [4.78, 5) is 29.0. The van der Waals surface area contributed by atoms with E-state index in [1.54, 1.807) is 25.3 Å². The van der Waals surface area contributed by atoms with Gasteiger partial charge >= 0.3 is 5.97 Å². The van der Waals surface area contributed by atoms with Crippen LogP contribution in [0, 0.1) is 0 Å². The molecule has 0 aliphatic heterocycles. The summed E-state index contributed by atoms with van der Waals surface area (Å²) in [5, 5.41) is 3.41. The predicted octanol–water partition coefficient (Wildman–Crippen LogP) is 3.68. The minimum atomic E-state index is -0.363. The van der Waals surface area contributed by atoms with Gasteiger partial charge in [0.1, 0.15) is 5.03 Å². The Morgan fingerprint density at radius 3 is 2.67 bits per heavy atom. The number of carbonyl (C=O) groups excluding carboxylic acids is 2. The molecule has 0 spiro atoms. The maximum Gasteiger partial charge on any atom is 0.307 e. The summed E-state index contributed by atoms with van der Waals surface area (Å²) in [5.74, 6) is -0.627. The SMILES string of the molecule is COC(=O)CC(C)NC(=O)c1cccnc1Sc1ccc(Br)cc1. The van der Waals surface area contributed by atoms with Gasteiger partial charge in [0.05, 0.1) is 19.1 Å². The van der Waals surface area contributed by atoms with E-state index in [2.05, 4.69) is 31.0 Å². The first kappa shape index (κ1) is 18.5. The van der Waals surface area contributed by atoms with Crippen LogP contribution in [-0.4, -0.2) is 30.0 Å². The van der Waals surface area contributed by atoms with Crippen molar-refractivity contribution in [1.82, 2.24) is 10.3 Å². The molecule has 1 unspecified atom stereocenters. The van der Waals surface area contributed by atoms with Gasteiger partial charge in [0.2, 0.25) is 0 Å². The van der Waals surface area contributed by atoms with Crippen molar-refractivity contribution in [1.29, 1.82) is 0 Å². The molecule has 0 aliphatic rings. The second kappa shape index (κ2) is 8.84. The molecule has 0 saturated heterocycles. The number of benzene rings is 1. The molecule has 1 heterocycles. The third kappa shape index (κ3) is 5.35. The summed E-state index contributed by atoms with van der Waals surface area (Å²) >= 11 is 4.81. The molecule has 1 aromatic heterocycles. The van der Waals surface area contributed by atoms with E-state index in [9.17, 15) is 9.59 Å². The first-order chi connectivity index (χ1) is 11.5. The Kier molecular flexibility index (Phi) is 6.81. The number of nitrogens with zero attached hydrogens (tertiary/aromatic N) is 1. The number of methoxy groups -OCH3 is 1. The molecule has 1 N–H and O–H groups in total. The van der Waals surface area contributed by atoms with E-state index in [0.717, 1.165) is 9.37 Å². The second-order valence-corrected chi connectivity index (χ2v) is 7.04. The highest BCUT2D eigenvalue weighted by Gasteiger charge is 2.17. The lowest BCUT2D eigenvalue weighted by molar-refractivity contribution is -0.141. The largest absolute Gasteiger partial charge is 0.469 e. The molecular formula is C17H17BrN2O3S. The Bertz CT molecular complexity index is 722. The maximum atomic E-state index is 12.5. The Hall–Kier alpha value is -1.86. The molecule has 126 valence electrons. The maximum absolute atomic E-state index is 12.5. The summed E-state index contributed by atoms with van der Waals surface area (Å²) in [6.45, 7) is 1.76. The van der Waals surface area contributed by atoms with Crippen molar-refractivity contribution in [2.24, 2.45) is 0 Å². The standard InChI is InChI=1S/C17H17BrN2O3S/c1-11(10-15(21)23-2)20-16(22)14-4-3-9-19-17(14)24-13-7-5-12(18)6-8-13/h3-9,11H,10H2,1-2H3,(H,20,22). The van der Waals surface area contributed by atoms with Gasteiger partial charge in [0.15, 0.2) is 0 Å². The molecule has 5 nitrogen and oxygen atoms in total. The summed E-state index contributed by atoms with van der Waals surface area (Å²) in [6, 6.07) is 10.9. The Morgan fingerprint density at radius 2 is 2.00 bits per heavy atom. The van der Waals surface area contributed by atoms with Crippen LogP contribution in [0.25, 0.3) is 0 Å².